The molecule has 0 saturated heterocycles. The van der Waals surface area contributed by atoms with Crippen molar-refractivity contribution < 1.29 is 28.2 Å². The minimum absolute atomic E-state index is 0.132. The number of carbonyl (C=O) groups excluding carboxylic acids is 3. The minimum atomic E-state index is -1.00. The van der Waals surface area contributed by atoms with E-state index in [9.17, 15) is 18.8 Å². The molecule has 0 aliphatic carbocycles. The maximum absolute atomic E-state index is 13.7. The van der Waals surface area contributed by atoms with E-state index in [1.54, 1.807) is 12.1 Å². The molecular weight excluding hydrogens is 379 g/mol. The van der Waals surface area contributed by atoms with Crippen LogP contribution < -0.4 is 15.4 Å². The van der Waals surface area contributed by atoms with Crippen LogP contribution in [0.25, 0.3) is 0 Å². The van der Waals surface area contributed by atoms with Crippen LogP contribution in [0.5, 0.6) is 5.75 Å². The van der Waals surface area contributed by atoms with Gasteiger partial charge in [-0.1, -0.05) is 11.6 Å². The summed E-state index contributed by atoms with van der Waals surface area (Å²) in [6.45, 7) is 0.701. The van der Waals surface area contributed by atoms with E-state index in [1.165, 1.54) is 26.2 Å². The van der Waals surface area contributed by atoms with E-state index in [4.69, 9.17) is 21.1 Å². The molecule has 142 valence electrons. The fourth-order valence-corrected chi connectivity index (χ4v) is 2.30. The first-order valence-corrected chi connectivity index (χ1v) is 8.05. The molecule has 2 rings (SSSR count). The zero-order valence-corrected chi connectivity index (χ0v) is 15.2. The van der Waals surface area contributed by atoms with Gasteiger partial charge in [0.2, 0.25) is 5.91 Å². The van der Waals surface area contributed by atoms with Gasteiger partial charge in [0.15, 0.2) is 6.61 Å². The average Bonchev–Trinajstić information content (AvgIpc) is 2.59. The highest BCUT2D eigenvalue weighted by Crippen LogP contribution is 2.27. The van der Waals surface area contributed by atoms with Crippen molar-refractivity contribution in [2.24, 2.45) is 0 Å². The lowest BCUT2D eigenvalue weighted by molar-refractivity contribution is -0.119. The smallest absolute Gasteiger partial charge is 0.341 e. The number of rotatable bonds is 6. The quantitative estimate of drug-likeness (QED) is 0.733. The summed E-state index contributed by atoms with van der Waals surface area (Å²) in [5.41, 5.74) is 0.374. The molecule has 0 fully saturated rings. The Hall–Kier alpha value is -3.13. The highest BCUT2D eigenvalue weighted by Gasteiger charge is 2.16. The molecular formula is C18H16ClFN2O5. The summed E-state index contributed by atoms with van der Waals surface area (Å²) >= 11 is 5.62. The number of anilines is 2. The third-order valence-corrected chi connectivity index (χ3v) is 3.51. The Morgan fingerprint density at radius 3 is 2.48 bits per heavy atom. The van der Waals surface area contributed by atoms with Crippen LogP contribution in [0.2, 0.25) is 5.02 Å². The summed E-state index contributed by atoms with van der Waals surface area (Å²) in [4.78, 5) is 35.1. The molecule has 0 heterocycles. The van der Waals surface area contributed by atoms with Gasteiger partial charge in [0.1, 0.15) is 11.6 Å². The van der Waals surface area contributed by atoms with Gasteiger partial charge < -0.3 is 20.1 Å². The third-order valence-electron chi connectivity index (χ3n) is 3.28. The number of carbonyl (C=O) groups is 3. The molecule has 27 heavy (non-hydrogen) atoms. The van der Waals surface area contributed by atoms with Crippen molar-refractivity contribution >= 4 is 40.8 Å². The molecule has 2 aromatic carbocycles. The molecule has 0 saturated carbocycles. The maximum atomic E-state index is 13.7. The fraction of sp³-hybridized carbons (Fsp3) is 0.167. The van der Waals surface area contributed by atoms with Crippen molar-refractivity contribution in [2.45, 2.75) is 6.92 Å². The van der Waals surface area contributed by atoms with Crippen LogP contribution >= 0.6 is 11.6 Å². The first-order chi connectivity index (χ1) is 12.8. The molecule has 9 heteroatoms. The highest BCUT2D eigenvalue weighted by atomic mass is 35.5. The summed E-state index contributed by atoms with van der Waals surface area (Å²) in [7, 11) is 1.41. The second-order valence-corrected chi connectivity index (χ2v) is 5.78. The number of ether oxygens (including phenoxy) is 2. The van der Waals surface area contributed by atoms with Gasteiger partial charge in [0.25, 0.3) is 5.91 Å². The van der Waals surface area contributed by atoms with Crippen LogP contribution in [0.4, 0.5) is 15.8 Å². The Morgan fingerprint density at radius 1 is 1.11 bits per heavy atom. The van der Waals surface area contributed by atoms with Crippen molar-refractivity contribution in [1.29, 1.82) is 0 Å². The molecule has 2 aromatic rings. The van der Waals surface area contributed by atoms with Crippen molar-refractivity contribution in [1.82, 2.24) is 0 Å². The predicted octanol–water partition coefficient (Wildman–Crippen LogP) is 3.24. The Bertz CT molecular complexity index is 888. The molecule has 0 aromatic heterocycles. The number of hydrogen-bond donors (Lipinski definition) is 2. The van der Waals surface area contributed by atoms with E-state index >= 15 is 0 Å². The fourth-order valence-electron chi connectivity index (χ4n) is 2.14. The van der Waals surface area contributed by atoms with Crippen LogP contribution in [0.15, 0.2) is 36.4 Å². The minimum Gasteiger partial charge on any atom is -0.495 e. The number of methoxy groups -OCH3 is 1. The van der Waals surface area contributed by atoms with Crippen molar-refractivity contribution in [3.63, 3.8) is 0 Å². The van der Waals surface area contributed by atoms with Crippen molar-refractivity contribution in [2.75, 3.05) is 24.4 Å². The van der Waals surface area contributed by atoms with E-state index in [-0.39, 0.29) is 22.2 Å². The van der Waals surface area contributed by atoms with Crippen LogP contribution in [0, 0.1) is 5.82 Å². The van der Waals surface area contributed by atoms with Gasteiger partial charge in [0.05, 0.1) is 18.4 Å². The maximum Gasteiger partial charge on any atom is 0.341 e. The van der Waals surface area contributed by atoms with E-state index < -0.39 is 24.3 Å². The number of hydrogen-bond acceptors (Lipinski definition) is 5. The Morgan fingerprint density at radius 2 is 1.85 bits per heavy atom. The van der Waals surface area contributed by atoms with E-state index in [1.807, 2.05) is 0 Å². The number of esters is 1. The predicted molar refractivity (Wildman–Crippen MR) is 97.6 cm³/mol. The molecule has 0 unspecified atom stereocenters. The van der Waals surface area contributed by atoms with Crippen LogP contribution in [-0.2, 0) is 14.3 Å². The normalized spacial score (nSPS) is 10.1. The van der Waals surface area contributed by atoms with Gasteiger partial charge in [-0.25, -0.2) is 9.18 Å². The lowest BCUT2D eigenvalue weighted by Gasteiger charge is -2.12. The van der Waals surface area contributed by atoms with E-state index in [2.05, 4.69) is 10.6 Å². The topological polar surface area (TPSA) is 93.7 Å². The molecule has 0 aliphatic rings. The summed E-state index contributed by atoms with van der Waals surface area (Å²) in [6.07, 6.45) is 0. The second kappa shape index (κ2) is 9.00. The SMILES string of the molecule is COc1ccc(NC(C)=O)cc1NC(=O)COC(=O)c1ccc(Cl)cc1F. The third kappa shape index (κ3) is 5.68. The number of amides is 2. The first kappa shape index (κ1) is 20.2. The summed E-state index contributed by atoms with van der Waals surface area (Å²) in [5, 5.41) is 5.20. The number of benzene rings is 2. The van der Waals surface area contributed by atoms with Crippen molar-refractivity contribution in [3.05, 3.63) is 52.8 Å². The Kier molecular flexibility index (Phi) is 6.73. The molecule has 0 atom stereocenters. The molecule has 7 nitrogen and oxygen atoms in total. The Balaban J connectivity index is 2.02. The molecule has 0 radical (unpaired) electrons. The van der Waals surface area contributed by atoms with Gasteiger partial charge in [-0.05, 0) is 36.4 Å². The Labute approximate surface area is 159 Å². The lowest BCUT2D eigenvalue weighted by Crippen LogP contribution is -2.21. The monoisotopic (exact) mass is 394 g/mol. The summed E-state index contributed by atoms with van der Waals surface area (Å²) in [6, 6.07) is 8.10. The van der Waals surface area contributed by atoms with Gasteiger partial charge in [-0.3, -0.25) is 9.59 Å². The summed E-state index contributed by atoms with van der Waals surface area (Å²) in [5.74, 6) is -2.46. The van der Waals surface area contributed by atoms with E-state index in [0.29, 0.717) is 11.4 Å². The molecule has 0 aliphatic heterocycles. The summed E-state index contributed by atoms with van der Waals surface area (Å²) < 4.78 is 23.6. The molecule has 0 bridgehead atoms. The van der Waals surface area contributed by atoms with Crippen LogP contribution in [-0.4, -0.2) is 31.5 Å². The second-order valence-electron chi connectivity index (χ2n) is 5.34. The zero-order valence-electron chi connectivity index (χ0n) is 14.5. The molecule has 0 spiro atoms. The average molecular weight is 395 g/mol. The lowest BCUT2D eigenvalue weighted by atomic mass is 10.2. The van der Waals surface area contributed by atoms with Gasteiger partial charge >= 0.3 is 5.97 Å². The van der Waals surface area contributed by atoms with Crippen molar-refractivity contribution in [3.8, 4) is 5.75 Å². The largest absolute Gasteiger partial charge is 0.495 e. The number of halogens is 2. The van der Waals surface area contributed by atoms with Gasteiger partial charge in [-0.2, -0.15) is 0 Å². The van der Waals surface area contributed by atoms with Gasteiger partial charge in [-0.15, -0.1) is 0 Å². The number of nitrogens with one attached hydrogen (secondary N) is 2. The zero-order chi connectivity index (χ0) is 20.0. The highest BCUT2D eigenvalue weighted by molar-refractivity contribution is 6.30. The van der Waals surface area contributed by atoms with Crippen LogP contribution in [0.1, 0.15) is 17.3 Å². The van der Waals surface area contributed by atoms with E-state index in [0.717, 1.165) is 12.1 Å². The van der Waals surface area contributed by atoms with Crippen LogP contribution in [0.3, 0.4) is 0 Å². The molecule has 2 amide bonds. The first-order valence-electron chi connectivity index (χ1n) is 7.68. The van der Waals surface area contributed by atoms with Gasteiger partial charge in [0, 0.05) is 17.6 Å². The standard InChI is InChI=1S/C18H16ClFN2O5/c1-10(23)21-12-4-6-16(26-2)15(8-12)22-17(24)9-27-18(25)13-5-3-11(19)7-14(13)20/h3-8H,9H2,1-2H3,(H,21,23)(H,22,24). The molecule has 2 N–H and O–H groups in total.